The monoisotopic (exact) mass is 432 g/mol. The smallest absolute Gasteiger partial charge is 0.263 e. The van der Waals surface area contributed by atoms with Crippen LogP contribution in [0.4, 0.5) is 5.82 Å². The number of nitrogens with zero attached hydrogens (tertiary/aromatic N) is 3. The zero-order chi connectivity index (χ0) is 22.3. The van der Waals surface area contributed by atoms with Crippen molar-refractivity contribution in [1.29, 1.82) is 0 Å². The van der Waals surface area contributed by atoms with Gasteiger partial charge in [-0.05, 0) is 60.7 Å². The number of hydrogen-bond donors (Lipinski definition) is 1. The van der Waals surface area contributed by atoms with E-state index >= 15 is 0 Å². The number of hydrogen-bond acceptors (Lipinski definition) is 6. The van der Waals surface area contributed by atoms with Crippen molar-refractivity contribution in [2.45, 2.75) is 26.3 Å². The Morgan fingerprint density at radius 1 is 1.06 bits per heavy atom. The summed E-state index contributed by atoms with van der Waals surface area (Å²) in [6, 6.07) is 14.7. The summed E-state index contributed by atoms with van der Waals surface area (Å²) in [6.07, 6.45) is 5.59. The van der Waals surface area contributed by atoms with Crippen LogP contribution in [0.3, 0.4) is 0 Å². The van der Waals surface area contributed by atoms with Gasteiger partial charge in [0.05, 0.1) is 7.11 Å². The van der Waals surface area contributed by atoms with Crippen LogP contribution in [0.1, 0.15) is 35.7 Å². The van der Waals surface area contributed by atoms with Gasteiger partial charge in [-0.3, -0.25) is 4.79 Å². The fourth-order valence-corrected chi connectivity index (χ4v) is 3.68. The van der Waals surface area contributed by atoms with E-state index in [2.05, 4.69) is 27.1 Å². The van der Waals surface area contributed by atoms with Gasteiger partial charge in [-0.2, -0.15) is 0 Å². The molecule has 0 unspecified atom stereocenters. The number of amides is 1. The second-order valence-electron chi connectivity index (χ2n) is 8.02. The van der Waals surface area contributed by atoms with Gasteiger partial charge in [0.2, 0.25) is 0 Å². The lowest BCUT2D eigenvalue weighted by Crippen LogP contribution is -2.33. The Morgan fingerprint density at radius 3 is 2.56 bits per heavy atom. The van der Waals surface area contributed by atoms with E-state index in [9.17, 15) is 4.79 Å². The van der Waals surface area contributed by atoms with E-state index in [4.69, 9.17) is 9.47 Å². The summed E-state index contributed by atoms with van der Waals surface area (Å²) in [7, 11) is 1.62. The third-order valence-corrected chi connectivity index (χ3v) is 5.65. The van der Waals surface area contributed by atoms with Crippen LogP contribution in [0.5, 0.6) is 17.4 Å². The zero-order valence-corrected chi connectivity index (χ0v) is 18.5. The van der Waals surface area contributed by atoms with Crippen molar-refractivity contribution in [2.24, 2.45) is 5.92 Å². The van der Waals surface area contributed by atoms with Crippen LogP contribution in [-0.4, -0.2) is 36.1 Å². The van der Waals surface area contributed by atoms with E-state index in [-0.39, 0.29) is 5.91 Å². The first-order valence-corrected chi connectivity index (χ1v) is 10.9. The van der Waals surface area contributed by atoms with Gasteiger partial charge in [0.1, 0.15) is 11.5 Å². The van der Waals surface area contributed by atoms with Crippen LogP contribution in [0.25, 0.3) is 0 Å². The lowest BCUT2D eigenvalue weighted by molar-refractivity contribution is 0.0951. The molecule has 2 heterocycles. The standard InChI is InChI=1S/C25H28N4O3/c1-18-10-14-29(15-11-18)23-25(27-13-12-26-23)32-21-8-6-20(7-9-21)24(30)28-17-19-4-3-5-22(16-19)31-2/h3-9,12-13,16,18H,10-11,14-15,17H2,1-2H3,(H,28,30). The van der Waals surface area contributed by atoms with Crippen molar-refractivity contribution in [1.82, 2.24) is 15.3 Å². The zero-order valence-electron chi connectivity index (χ0n) is 18.5. The Hall–Kier alpha value is -3.61. The van der Waals surface area contributed by atoms with Crippen LogP contribution >= 0.6 is 0 Å². The molecule has 3 aromatic rings. The topological polar surface area (TPSA) is 76.6 Å². The summed E-state index contributed by atoms with van der Waals surface area (Å²) < 4.78 is 11.2. The molecule has 1 aliphatic heterocycles. The number of anilines is 1. The van der Waals surface area contributed by atoms with Crippen molar-refractivity contribution in [3.63, 3.8) is 0 Å². The van der Waals surface area contributed by atoms with E-state index in [1.165, 1.54) is 0 Å². The Bertz CT molecular complexity index is 1050. The highest BCUT2D eigenvalue weighted by atomic mass is 16.5. The van der Waals surface area contributed by atoms with Crippen molar-refractivity contribution in [3.05, 3.63) is 72.1 Å². The first kappa shape index (κ1) is 21.6. The third-order valence-electron chi connectivity index (χ3n) is 5.65. The molecule has 0 atom stereocenters. The van der Waals surface area contributed by atoms with E-state index in [0.29, 0.717) is 23.7 Å². The van der Waals surface area contributed by atoms with E-state index < -0.39 is 0 Å². The molecule has 4 rings (SSSR count). The predicted molar refractivity (Wildman–Crippen MR) is 123 cm³/mol. The molecule has 1 fully saturated rings. The lowest BCUT2D eigenvalue weighted by Gasteiger charge is -2.31. The summed E-state index contributed by atoms with van der Waals surface area (Å²) in [5, 5.41) is 2.93. The summed E-state index contributed by atoms with van der Waals surface area (Å²) in [5.41, 5.74) is 1.53. The number of carbonyl (C=O) groups excluding carboxylic acids is 1. The summed E-state index contributed by atoms with van der Waals surface area (Å²) in [5.74, 6) is 3.20. The first-order chi connectivity index (χ1) is 15.6. The number of rotatable bonds is 7. The van der Waals surface area contributed by atoms with E-state index in [0.717, 1.165) is 49.0 Å². The molecule has 0 aliphatic carbocycles. The van der Waals surface area contributed by atoms with Gasteiger partial charge >= 0.3 is 0 Å². The fourth-order valence-electron chi connectivity index (χ4n) is 3.68. The minimum atomic E-state index is -0.151. The SMILES string of the molecule is COc1cccc(CNC(=O)c2ccc(Oc3nccnc3N3CCC(C)CC3)cc2)c1. The maximum atomic E-state index is 12.5. The minimum Gasteiger partial charge on any atom is -0.497 e. The highest BCUT2D eigenvalue weighted by Gasteiger charge is 2.21. The highest BCUT2D eigenvalue weighted by Crippen LogP contribution is 2.30. The van der Waals surface area contributed by atoms with Crippen molar-refractivity contribution < 1.29 is 14.3 Å². The molecule has 7 nitrogen and oxygen atoms in total. The maximum Gasteiger partial charge on any atom is 0.263 e. The number of ether oxygens (including phenoxy) is 2. The van der Waals surface area contributed by atoms with Crippen LogP contribution in [0.2, 0.25) is 0 Å². The van der Waals surface area contributed by atoms with Crippen molar-refractivity contribution >= 4 is 11.7 Å². The van der Waals surface area contributed by atoms with Crippen LogP contribution in [-0.2, 0) is 6.54 Å². The molecule has 0 saturated carbocycles. The molecule has 7 heteroatoms. The van der Waals surface area contributed by atoms with E-state index in [1.807, 2.05) is 24.3 Å². The summed E-state index contributed by atoms with van der Waals surface area (Å²) in [4.78, 5) is 23.6. The van der Waals surface area contributed by atoms with Gasteiger partial charge < -0.3 is 19.7 Å². The van der Waals surface area contributed by atoms with Gasteiger partial charge in [-0.1, -0.05) is 19.1 Å². The minimum absolute atomic E-state index is 0.151. The van der Waals surface area contributed by atoms with Crippen LogP contribution in [0.15, 0.2) is 60.9 Å². The molecule has 1 N–H and O–H groups in total. The Labute approximate surface area is 188 Å². The number of piperidine rings is 1. The normalized spacial score (nSPS) is 14.1. The Balaban J connectivity index is 1.38. The van der Waals surface area contributed by atoms with Gasteiger partial charge in [-0.25, -0.2) is 9.97 Å². The number of nitrogens with one attached hydrogen (secondary N) is 1. The molecule has 1 saturated heterocycles. The fraction of sp³-hybridized carbons (Fsp3) is 0.320. The molecule has 1 amide bonds. The van der Waals surface area contributed by atoms with E-state index in [1.54, 1.807) is 43.8 Å². The molecule has 0 bridgehead atoms. The van der Waals surface area contributed by atoms with Gasteiger partial charge in [0.25, 0.3) is 11.8 Å². The lowest BCUT2D eigenvalue weighted by atomic mass is 9.99. The summed E-state index contributed by atoms with van der Waals surface area (Å²) in [6.45, 7) is 4.59. The van der Waals surface area contributed by atoms with Crippen LogP contribution in [0, 0.1) is 5.92 Å². The molecule has 1 aliphatic rings. The number of carbonyl (C=O) groups is 1. The van der Waals surface area contributed by atoms with Crippen LogP contribution < -0.4 is 19.7 Å². The predicted octanol–water partition coefficient (Wildman–Crippen LogP) is 4.44. The van der Waals surface area contributed by atoms with Gasteiger partial charge in [-0.15, -0.1) is 0 Å². The summed E-state index contributed by atoms with van der Waals surface area (Å²) >= 11 is 0. The second-order valence-corrected chi connectivity index (χ2v) is 8.02. The molecular weight excluding hydrogens is 404 g/mol. The largest absolute Gasteiger partial charge is 0.497 e. The molecule has 32 heavy (non-hydrogen) atoms. The average Bonchev–Trinajstić information content (AvgIpc) is 2.84. The molecule has 1 aromatic heterocycles. The van der Waals surface area contributed by atoms with Gasteiger partial charge in [0, 0.05) is 37.6 Å². The average molecular weight is 433 g/mol. The molecule has 2 aromatic carbocycles. The molecule has 0 radical (unpaired) electrons. The van der Waals surface area contributed by atoms with Crippen molar-refractivity contribution in [3.8, 4) is 17.4 Å². The highest BCUT2D eigenvalue weighted by molar-refractivity contribution is 5.94. The molecule has 166 valence electrons. The van der Waals surface area contributed by atoms with Crippen molar-refractivity contribution in [2.75, 3.05) is 25.1 Å². The number of aromatic nitrogens is 2. The second kappa shape index (κ2) is 10.1. The maximum absolute atomic E-state index is 12.5. The molecular formula is C25H28N4O3. The third kappa shape index (κ3) is 5.35. The van der Waals surface area contributed by atoms with Gasteiger partial charge in [0.15, 0.2) is 5.82 Å². The molecule has 0 spiro atoms. The number of methoxy groups -OCH3 is 1. The quantitative estimate of drug-likeness (QED) is 0.595. The Morgan fingerprint density at radius 2 is 1.81 bits per heavy atom. The Kier molecular flexibility index (Phi) is 6.84. The first-order valence-electron chi connectivity index (χ1n) is 10.9. The number of benzene rings is 2.